The van der Waals surface area contributed by atoms with Crippen LogP contribution in [0.2, 0.25) is 0 Å². The van der Waals surface area contributed by atoms with Gasteiger partial charge in [0.2, 0.25) is 0 Å². The fraction of sp³-hybridized carbons (Fsp3) is 0.167. The summed E-state index contributed by atoms with van der Waals surface area (Å²) in [6.07, 6.45) is 2.51. The first-order valence-electron chi connectivity index (χ1n) is 5.08. The molecule has 0 aliphatic heterocycles. The number of halogens is 1. The molecule has 1 heterocycles. The van der Waals surface area contributed by atoms with Crippen molar-refractivity contribution in [1.29, 1.82) is 0 Å². The number of hydrogen-bond acceptors (Lipinski definition) is 2. The smallest absolute Gasteiger partial charge is 0.0994 e. The van der Waals surface area contributed by atoms with Crippen LogP contribution in [0.25, 0.3) is 10.9 Å². The Kier molecular flexibility index (Phi) is 3.19. The van der Waals surface area contributed by atoms with Gasteiger partial charge in [0.15, 0.2) is 0 Å². The average molecular weight is 278 g/mol. The lowest BCUT2D eigenvalue weighted by Gasteiger charge is -2.02. The molecule has 4 heteroatoms. The Balaban J connectivity index is 2.62. The van der Waals surface area contributed by atoms with Crippen molar-refractivity contribution in [2.45, 2.75) is 13.3 Å². The molecule has 16 heavy (non-hydrogen) atoms. The largest absolute Gasteiger partial charge is 0.387 e. The highest BCUT2D eigenvalue weighted by Gasteiger charge is 2.02. The van der Waals surface area contributed by atoms with Gasteiger partial charge in [-0.05, 0) is 28.1 Å². The first kappa shape index (κ1) is 11.1. The molecule has 0 saturated carbocycles. The zero-order valence-corrected chi connectivity index (χ0v) is 10.5. The molecule has 0 radical (unpaired) electrons. The molecule has 0 aliphatic carbocycles. The van der Waals surface area contributed by atoms with Crippen LogP contribution in [-0.2, 0) is 0 Å². The summed E-state index contributed by atoms with van der Waals surface area (Å²) in [5, 5.41) is 1.06. The molecule has 0 saturated heterocycles. The van der Waals surface area contributed by atoms with Crippen LogP contribution in [0.1, 0.15) is 13.3 Å². The van der Waals surface area contributed by atoms with Gasteiger partial charge in [0.1, 0.15) is 0 Å². The van der Waals surface area contributed by atoms with Gasteiger partial charge in [0, 0.05) is 22.5 Å². The fourth-order valence-corrected chi connectivity index (χ4v) is 1.79. The molecule has 0 unspecified atom stereocenters. The number of benzene rings is 1. The van der Waals surface area contributed by atoms with Crippen molar-refractivity contribution < 1.29 is 0 Å². The quantitative estimate of drug-likeness (QED) is 0.676. The van der Waals surface area contributed by atoms with Crippen molar-refractivity contribution in [2.24, 2.45) is 10.7 Å². The summed E-state index contributed by atoms with van der Waals surface area (Å²) in [6.45, 7) is 1.98. The summed E-state index contributed by atoms with van der Waals surface area (Å²) >= 11 is 3.40. The standard InChI is InChI=1S/C12H12BrN3/c1-2-11(14)16-10-5-3-4-8-6-9(13)7-15-12(8)10/h3-7H,2H2,1H3,(H2,14,16). The van der Waals surface area contributed by atoms with Gasteiger partial charge in [-0.15, -0.1) is 0 Å². The number of nitrogens with two attached hydrogens (primary N) is 1. The molecule has 1 aromatic carbocycles. The first-order chi connectivity index (χ1) is 7.70. The fourth-order valence-electron chi connectivity index (χ4n) is 1.44. The van der Waals surface area contributed by atoms with Crippen molar-refractivity contribution in [3.8, 4) is 0 Å². The van der Waals surface area contributed by atoms with Gasteiger partial charge < -0.3 is 5.73 Å². The number of aliphatic imine (C=N–C) groups is 1. The molecule has 3 nitrogen and oxygen atoms in total. The van der Waals surface area contributed by atoms with Gasteiger partial charge in [0.05, 0.1) is 17.0 Å². The Morgan fingerprint density at radius 1 is 1.50 bits per heavy atom. The van der Waals surface area contributed by atoms with Crippen molar-refractivity contribution >= 4 is 38.4 Å². The van der Waals surface area contributed by atoms with E-state index in [4.69, 9.17) is 5.73 Å². The van der Waals surface area contributed by atoms with E-state index in [0.717, 1.165) is 27.5 Å². The van der Waals surface area contributed by atoms with Crippen molar-refractivity contribution in [3.05, 3.63) is 34.9 Å². The highest BCUT2D eigenvalue weighted by molar-refractivity contribution is 9.10. The van der Waals surface area contributed by atoms with Gasteiger partial charge in [-0.2, -0.15) is 0 Å². The van der Waals surface area contributed by atoms with Crippen LogP contribution in [0.5, 0.6) is 0 Å². The second-order valence-corrected chi connectivity index (χ2v) is 4.37. The van der Waals surface area contributed by atoms with E-state index in [1.807, 2.05) is 31.2 Å². The topological polar surface area (TPSA) is 51.3 Å². The molecule has 0 spiro atoms. The summed E-state index contributed by atoms with van der Waals surface area (Å²) in [4.78, 5) is 8.71. The highest BCUT2D eigenvalue weighted by atomic mass is 79.9. The summed E-state index contributed by atoms with van der Waals surface area (Å²) < 4.78 is 0.963. The lowest BCUT2D eigenvalue weighted by atomic mass is 10.2. The third kappa shape index (κ3) is 2.22. The van der Waals surface area contributed by atoms with Crippen LogP contribution < -0.4 is 5.73 Å². The third-order valence-electron chi connectivity index (χ3n) is 2.28. The van der Waals surface area contributed by atoms with E-state index in [1.165, 1.54) is 0 Å². The van der Waals surface area contributed by atoms with Crippen LogP contribution in [0.4, 0.5) is 5.69 Å². The Morgan fingerprint density at radius 2 is 2.31 bits per heavy atom. The van der Waals surface area contributed by atoms with Gasteiger partial charge >= 0.3 is 0 Å². The Morgan fingerprint density at radius 3 is 3.06 bits per heavy atom. The maximum Gasteiger partial charge on any atom is 0.0994 e. The second kappa shape index (κ2) is 4.61. The summed E-state index contributed by atoms with van der Waals surface area (Å²) in [7, 11) is 0. The lowest BCUT2D eigenvalue weighted by Crippen LogP contribution is -2.08. The van der Waals surface area contributed by atoms with Crippen LogP contribution in [0.3, 0.4) is 0 Å². The van der Waals surface area contributed by atoms with Crippen molar-refractivity contribution in [2.75, 3.05) is 0 Å². The molecule has 2 rings (SSSR count). The van der Waals surface area contributed by atoms with Gasteiger partial charge in [0.25, 0.3) is 0 Å². The molecule has 0 aliphatic rings. The number of aromatic nitrogens is 1. The predicted molar refractivity (Wildman–Crippen MR) is 71.0 cm³/mol. The number of para-hydroxylation sites is 1. The van der Waals surface area contributed by atoms with Gasteiger partial charge in [-0.1, -0.05) is 19.1 Å². The minimum Gasteiger partial charge on any atom is -0.387 e. The van der Waals surface area contributed by atoms with Crippen molar-refractivity contribution in [1.82, 2.24) is 4.98 Å². The molecular formula is C12H12BrN3. The van der Waals surface area contributed by atoms with E-state index in [9.17, 15) is 0 Å². The van der Waals surface area contributed by atoms with Crippen LogP contribution in [0.15, 0.2) is 39.9 Å². The van der Waals surface area contributed by atoms with Gasteiger partial charge in [-0.3, -0.25) is 4.98 Å². The number of hydrogen-bond donors (Lipinski definition) is 1. The number of rotatable bonds is 2. The Bertz CT molecular complexity index is 549. The van der Waals surface area contributed by atoms with Gasteiger partial charge in [-0.25, -0.2) is 4.99 Å². The second-order valence-electron chi connectivity index (χ2n) is 3.46. The number of fused-ring (bicyclic) bond motifs is 1. The Labute approximate surface area is 103 Å². The van der Waals surface area contributed by atoms with E-state index < -0.39 is 0 Å². The molecule has 0 atom stereocenters. The van der Waals surface area contributed by atoms with Crippen molar-refractivity contribution in [3.63, 3.8) is 0 Å². The summed E-state index contributed by atoms with van der Waals surface area (Å²) in [5.74, 6) is 0.622. The Hall–Kier alpha value is -1.42. The van der Waals surface area contributed by atoms with Crippen LogP contribution in [0, 0.1) is 0 Å². The molecular weight excluding hydrogens is 266 g/mol. The van der Waals surface area contributed by atoms with E-state index in [0.29, 0.717) is 5.84 Å². The zero-order chi connectivity index (χ0) is 11.5. The molecule has 0 fully saturated rings. The number of amidine groups is 1. The minimum atomic E-state index is 0.622. The molecule has 2 N–H and O–H groups in total. The van der Waals surface area contributed by atoms with Crippen LogP contribution >= 0.6 is 15.9 Å². The van der Waals surface area contributed by atoms with E-state index in [1.54, 1.807) is 6.20 Å². The highest BCUT2D eigenvalue weighted by Crippen LogP contribution is 2.26. The summed E-state index contributed by atoms with van der Waals surface area (Å²) in [6, 6.07) is 7.90. The number of nitrogens with zero attached hydrogens (tertiary/aromatic N) is 2. The van der Waals surface area contributed by atoms with E-state index >= 15 is 0 Å². The predicted octanol–water partition coefficient (Wildman–Crippen LogP) is 3.40. The molecule has 0 bridgehead atoms. The van der Waals surface area contributed by atoms with E-state index in [2.05, 4.69) is 25.9 Å². The average Bonchev–Trinajstić information content (AvgIpc) is 2.28. The van der Waals surface area contributed by atoms with E-state index in [-0.39, 0.29) is 0 Å². The summed E-state index contributed by atoms with van der Waals surface area (Å²) in [5.41, 5.74) is 7.44. The third-order valence-corrected chi connectivity index (χ3v) is 2.72. The maximum absolute atomic E-state index is 5.74. The lowest BCUT2D eigenvalue weighted by molar-refractivity contribution is 1.23. The minimum absolute atomic E-state index is 0.622. The monoisotopic (exact) mass is 277 g/mol. The first-order valence-corrected chi connectivity index (χ1v) is 5.87. The van der Waals surface area contributed by atoms with Crippen LogP contribution in [-0.4, -0.2) is 10.8 Å². The zero-order valence-electron chi connectivity index (χ0n) is 8.94. The molecule has 82 valence electrons. The maximum atomic E-state index is 5.74. The molecule has 1 aromatic heterocycles. The number of pyridine rings is 1. The molecule has 0 amide bonds. The SMILES string of the molecule is CCC(N)=Nc1cccc2cc(Br)cnc12. The normalized spacial score (nSPS) is 12.0. The molecule has 2 aromatic rings.